The monoisotopic (exact) mass is 483 g/mol. The number of ketones is 2. The van der Waals surface area contributed by atoms with Crippen LogP contribution in [0.4, 0.5) is 0 Å². The summed E-state index contributed by atoms with van der Waals surface area (Å²) in [6.45, 7) is 5.79. The third-order valence-corrected chi connectivity index (χ3v) is 6.26. The minimum absolute atomic E-state index is 0.258. The Morgan fingerprint density at radius 3 is 1.50 bits per heavy atom. The largest absolute Gasteiger partial charge is 0.386 e. The van der Waals surface area contributed by atoms with Crippen molar-refractivity contribution in [3.63, 3.8) is 0 Å². The molecule has 0 radical (unpaired) electrons. The summed E-state index contributed by atoms with van der Waals surface area (Å²) in [4.78, 5) is 49.3. The zero-order valence-corrected chi connectivity index (χ0v) is 21.6. The van der Waals surface area contributed by atoms with Gasteiger partial charge in [0.15, 0.2) is 17.1 Å². The van der Waals surface area contributed by atoms with Gasteiger partial charge in [-0.1, -0.05) is 83.3 Å². The van der Waals surface area contributed by atoms with Gasteiger partial charge in [0.2, 0.25) is 11.8 Å². The Hall–Kier alpha value is -1.90. The summed E-state index contributed by atoms with van der Waals surface area (Å²) in [5.74, 6) is -7.88. The number of carbonyl (C=O) groups is 4. The van der Waals surface area contributed by atoms with Gasteiger partial charge in [-0.15, -0.1) is 0 Å². The van der Waals surface area contributed by atoms with E-state index in [1.54, 1.807) is 6.08 Å². The summed E-state index contributed by atoms with van der Waals surface area (Å²) in [5.41, 5.74) is -2.90. The molecule has 0 aliphatic heterocycles. The van der Waals surface area contributed by atoms with Crippen LogP contribution in [-0.4, -0.2) is 61.0 Å². The Labute approximate surface area is 204 Å². The van der Waals surface area contributed by atoms with Gasteiger partial charge >= 0.3 is 0 Å². The number of allylic oxidation sites excluding steroid dienone is 1. The van der Waals surface area contributed by atoms with E-state index in [4.69, 9.17) is 0 Å². The second-order valence-electron chi connectivity index (χ2n) is 9.12. The van der Waals surface area contributed by atoms with Crippen molar-refractivity contribution in [2.45, 2.75) is 129 Å². The number of hydrogen-bond acceptors (Lipinski definition) is 7. The molecule has 0 rings (SSSR count). The van der Waals surface area contributed by atoms with Crippen molar-refractivity contribution in [2.24, 2.45) is 0 Å². The van der Waals surface area contributed by atoms with Gasteiger partial charge in [0, 0.05) is 20.8 Å². The summed E-state index contributed by atoms with van der Waals surface area (Å²) >= 11 is 0. The van der Waals surface area contributed by atoms with Crippen LogP contribution >= 0.6 is 0 Å². The first-order chi connectivity index (χ1) is 15.9. The molecule has 0 spiro atoms. The van der Waals surface area contributed by atoms with Crippen LogP contribution in [0.1, 0.15) is 112 Å². The molecule has 0 saturated carbocycles. The van der Waals surface area contributed by atoms with Gasteiger partial charge in [0.1, 0.15) is 6.10 Å². The van der Waals surface area contributed by atoms with E-state index in [9.17, 15) is 34.5 Å². The Bertz CT molecular complexity index is 687. The standard InChI is InChI=1S/C26H45NO7/c1-6-7-8-9-10-11-12-13-14-15-16-17-18-19-24(32)25(20(2)28,26(33,34)21(3)29)27(22(4)30)23(5)31/h18-19,24,32-34H,6-17H2,1-5H3/b19-18+/t24-,25-/m1/s1. The Morgan fingerprint density at radius 2 is 1.15 bits per heavy atom. The van der Waals surface area contributed by atoms with Crippen molar-refractivity contribution in [3.8, 4) is 0 Å². The highest BCUT2D eigenvalue weighted by Gasteiger charge is 2.66. The fraction of sp³-hybridized carbons (Fsp3) is 0.769. The van der Waals surface area contributed by atoms with E-state index in [0.29, 0.717) is 6.42 Å². The summed E-state index contributed by atoms with van der Waals surface area (Å²) < 4.78 is 0. The zero-order chi connectivity index (χ0) is 26.4. The Balaban J connectivity index is 5.07. The molecular weight excluding hydrogens is 438 g/mol. The molecular formula is C26H45NO7. The molecule has 0 aromatic heterocycles. The van der Waals surface area contributed by atoms with E-state index >= 15 is 0 Å². The molecule has 34 heavy (non-hydrogen) atoms. The average molecular weight is 484 g/mol. The van der Waals surface area contributed by atoms with Crippen molar-refractivity contribution < 1.29 is 34.5 Å². The van der Waals surface area contributed by atoms with Crippen LogP contribution < -0.4 is 0 Å². The second-order valence-corrected chi connectivity index (χ2v) is 9.12. The van der Waals surface area contributed by atoms with Crippen molar-refractivity contribution in [1.29, 1.82) is 0 Å². The fourth-order valence-electron chi connectivity index (χ4n) is 4.38. The average Bonchev–Trinajstić information content (AvgIpc) is 2.73. The number of amides is 2. The first-order valence-corrected chi connectivity index (χ1v) is 12.5. The molecule has 8 heteroatoms. The topological polar surface area (TPSA) is 132 Å². The maximum absolute atomic E-state index is 12.6. The van der Waals surface area contributed by atoms with Crippen LogP contribution in [0.5, 0.6) is 0 Å². The second kappa shape index (κ2) is 15.9. The maximum atomic E-state index is 12.6. The summed E-state index contributed by atoms with van der Waals surface area (Å²) in [6, 6.07) is 0. The van der Waals surface area contributed by atoms with Gasteiger partial charge in [0.05, 0.1) is 0 Å². The van der Waals surface area contributed by atoms with Crippen LogP contribution in [-0.2, 0) is 19.2 Å². The van der Waals surface area contributed by atoms with Gasteiger partial charge in [-0.3, -0.25) is 24.1 Å². The first-order valence-electron chi connectivity index (χ1n) is 12.5. The van der Waals surface area contributed by atoms with E-state index in [-0.39, 0.29) is 4.90 Å². The van der Waals surface area contributed by atoms with Crippen LogP contribution in [0.25, 0.3) is 0 Å². The van der Waals surface area contributed by atoms with Gasteiger partial charge in [-0.05, 0) is 19.8 Å². The summed E-state index contributed by atoms with van der Waals surface area (Å²) in [5, 5.41) is 32.0. The third-order valence-electron chi connectivity index (χ3n) is 6.26. The summed E-state index contributed by atoms with van der Waals surface area (Å²) in [6.07, 6.45) is 14.3. The molecule has 0 heterocycles. The predicted molar refractivity (Wildman–Crippen MR) is 131 cm³/mol. The first kappa shape index (κ1) is 32.1. The Kier molecular flexibility index (Phi) is 15.0. The molecule has 0 unspecified atom stereocenters. The number of carbonyl (C=O) groups excluding carboxylic acids is 4. The highest BCUT2D eigenvalue weighted by Crippen LogP contribution is 2.34. The smallest absolute Gasteiger partial charge is 0.258 e. The van der Waals surface area contributed by atoms with Crippen LogP contribution in [0.2, 0.25) is 0 Å². The lowest BCUT2D eigenvalue weighted by Gasteiger charge is -2.48. The SMILES string of the molecule is CCCCCCCCCCCCC/C=C/[C@@H](O)[C@@](C(C)=O)(N(C(C)=O)C(C)=O)C(O)(O)C(C)=O. The molecule has 0 aromatic carbocycles. The molecule has 196 valence electrons. The van der Waals surface area contributed by atoms with E-state index < -0.39 is 40.8 Å². The normalized spacial score (nSPS) is 14.6. The number of imide groups is 1. The van der Waals surface area contributed by atoms with Crippen LogP contribution in [0.15, 0.2) is 12.2 Å². The summed E-state index contributed by atoms with van der Waals surface area (Å²) in [7, 11) is 0. The van der Waals surface area contributed by atoms with E-state index in [2.05, 4.69) is 6.92 Å². The number of Topliss-reactive ketones (excluding diaryl/α,β-unsaturated/α-hetero) is 2. The van der Waals surface area contributed by atoms with Crippen molar-refractivity contribution in [1.82, 2.24) is 4.90 Å². The van der Waals surface area contributed by atoms with Crippen LogP contribution in [0, 0.1) is 0 Å². The van der Waals surface area contributed by atoms with Gasteiger partial charge < -0.3 is 15.3 Å². The molecule has 0 aliphatic carbocycles. The maximum Gasteiger partial charge on any atom is 0.258 e. The molecule has 0 fully saturated rings. The fourth-order valence-corrected chi connectivity index (χ4v) is 4.38. The molecule has 2 amide bonds. The molecule has 0 bridgehead atoms. The van der Waals surface area contributed by atoms with Gasteiger partial charge in [0.25, 0.3) is 5.79 Å². The van der Waals surface area contributed by atoms with E-state index in [1.165, 1.54) is 44.9 Å². The van der Waals surface area contributed by atoms with Gasteiger partial charge in [-0.25, -0.2) is 0 Å². The minimum Gasteiger partial charge on any atom is -0.386 e. The predicted octanol–water partition coefficient (Wildman–Crippen LogP) is 3.60. The lowest BCUT2D eigenvalue weighted by molar-refractivity contribution is -0.244. The number of hydrogen-bond donors (Lipinski definition) is 3. The molecule has 0 aromatic rings. The number of unbranched alkanes of at least 4 members (excludes halogenated alkanes) is 11. The van der Waals surface area contributed by atoms with Gasteiger partial charge in [-0.2, -0.15) is 0 Å². The molecule has 2 atom stereocenters. The van der Waals surface area contributed by atoms with Crippen molar-refractivity contribution >= 4 is 23.4 Å². The zero-order valence-electron chi connectivity index (χ0n) is 21.6. The van der Waals surface area contributed by atoms with Crippen LogP contribution in [0.3, 0.4) is 0 Å². The van der Waals surface area contributed by atoms with Crippen molar-refractivity contribution in [3.05, 3.63) is 12.2 Å². The Morgan fingerprint density at radius 1 is 0.735 bits per heavy atom. The molecule has 3 N–H and O–H groups in total. The number of aliphatic hydroxyl groups excluding tert-OH is 1. The number of aliphatic hydroxyl groups is 3. The lowest BCUT2D eigenvalue weighted by Crippen LogP contribution is -2.77. The van der Waals surface area contributed by atoms with E-state index in [1.807, 2.05) is 0 Å². The van der Waals surface area contributed by atoms with Crippen molar-refractivity contribution in [2.75, 3.05) is 0 Å². The highest BCUT2D eigenvalue weighted by atomic mass is 16.5. The minimum atomic E-state index is -3.48. The quantitative estimate of drug-likeness (QED) is 0.154. The third kappa shape index (κ3) is 8.71. The van der Waals surface area contributed by atoms with E-state index in [0.717, 1.165) is 59.5 Å². The number of nitrogens with zero attached hydrogens (tertiary/aromatic N) is 1. The molecule has 0 aliphatic rings. The molecule has 0 saturated heterocycles. The lowest BCUT2D eigenvalue weighted by atomic mass is 9.75. The molecule has 8 nitrogen and oxygen atoms in total. The highest BCUT2D eigenvalue weighted by molar-refractivity contribution is 6.06. The number of rotatable bonds is 18.